The summed E-state index contributed by atoms with van der Waals surface area (Å²) in [4.78, 5) is 17.0. The van der Waals surface area contributed by atoms with Crippen LogP contribution in [0.3, 0.4) is 0 Å². The summed E-state index contributed by atoms with van der Waals surface area (Å²) in [7, 11) is 3.73. The first-order valence-electron chi connectivity index (χ1n) is 11.6. The molecule has 33 heavy (non-hydrogen) atoms. The Balaban J connectivity index is 1.74. The third-order valence-electron chi connectivity index (χ3n) is 6.15. The summed E-state index contributed by atoms with van der Waals surface area (Å²) in [5, 5.41) is 18.1. The summed E-state index contributed by atoms with van der Waals surface area (Å²) < 4.78 is 13.3. The second-order valence-corrected chi connectivity index (χ2v) is 9.03. The lowest BCUT2D eigenvalue weighted by Crippen LogP contribution is -2.47. The van der Waals surface area contributed by atoms with Gasteiger partial charge in [0.15, 0.2) is 0 Å². The smallest absolute Gasteiger partial charge is 0.222 e. The van der Waals surface area contributed by atoms with E-state index in [0.717, 1.165) is 18.0 Å². The van der Waals surface area contributed by atoms with Crippen LogP contribution in [0.5, 0.6) is 5.75 Å². The second kappa shape index (κ2) is 12.1. The Labute approximate surface area is 196 Å². The van der Waals surface area contributed by atoms with Crippen LogP contribution in [-0.2, 0) is 29.2 Å². The highest BCUT2D eigenvalue weighted by Crippen LogP contribution is 2.19. The van der Waals surface area contributed by atoms with Crippen molar-refractivity contribution in [1.29, 1.82) is 0 Å². The van der Waals surface area contributed by atoms with Gasteiger partial charge in [-0.2, -0.15) is 0 Å². The number of carbonyl (C=O) groups is 1. The zero-order valence-electron chi connectivity index (χ0n) is 20.2. The zero-order valence-corrected chi connectivity index (χ0v) is 20.2. The normalized spacial score (nSPS) is 21.3. The van der Waals surface area contributed by atoms with Crippen LogP contribution in [0.2, 0.25) is 0 Å². The number of nitrogens with zero attached hydrogens (tertiary/aromatic N) is 5. The molecule has 1 aromatic carbocycles. The van der Waals surface area contributed by atoms with Gasteiger partial charge in [0.05, 0.1) is 38.7 Å². The maximum absolute atomic E-state index is 13.0. The fourth-order valence-electron chi connectivity index (χ4n) is 4.11. The maximum Gasteiger partial charge on any atom is 0.222 e. The van der Waals surface area contributed by atoms with E-state index in [4.69, 9.17) is 9.47 Å². The van der Waals surface area contributed by atoms with Gasteiger partial charge >= 0.3 is 0 Å². The number of aromatic nitrogens is 3. The maximum atomic E-state index is 13.0. The minimum atomic E-state index is -0.236. The molecule has 0 aliphatic carbocycles. The number of aliphatic hydroxyl groups excluding tert-OH is 1. The third kappa shape index (κ3) is 7.25. The standard InChI is InChI=1S/C24H37N5O4/c1-18-12-29(19(2)16-30)24(31)6-5-11-28-14-21(25-26-28)17-33-23(18)15-27(3)13-20-7-9-22(32-4)10-8-20/h7-10,14,18-19,23,30H,5-6,11-13,15-17H2,1-4H3/t18-,19+,23-/m1/s1. The molecule has 9 nitrogen and oxygen atoms in total. The van der Waals surface area contributed by atoms with E-state index in [1.54, 1.807) is 16.7 Å². The number of likely N-dealkylation sites (N-methyl/N-ethyl adjacent to an activating group) is 1. The van der Waals surface area contributed by atoms with Gasteiger partial charge in [0.25, 0.3) is 0 Å². The SMILES string of the molecule is COc1ccc(CN(C)C[C@H]2OCc3cn(nn3)CCCC(=O)N([C@@H](C)CO)C[C@H]2C)cc1. The number of methoxy groups -OCH3 is 1. The molecular weight excluding hydrogens is 422 g/mol. The number of benzene rings is 1. The van der Waals surface area contributed by atoms with E-state index in [1.807, 2.05) is 25.3 Å². The van der Waals surface area contributed by atoms with Crippen LogP contribution in [0.15, 0.2) is 30.5 Å². The average Bonchev–Trinajstić information content (AvgIpc) is 3.27. The highest BCUT2D eigenvalue weighted by Gasteiger charge is 2.28. The molecule has 0 saturated heterocycles. The first kappa shape index (κ1) is 25.1. The highest BCUT2D eigenvalue weighted by atomic mass is 16.5. The molecule has 0 fully saturated rings. The zero-order chi connectivity index (χ0) is 23.8. The van der Waals surface area contributed by atoms with E-state index in [9.17, 15) is 9.90 Å². The summed E-state index contributed by atoms with van der Waals surface area (Å²) >= 11 is 0. The van der Waals surface area contributed by atoms with Crippen molar-refractivity contribution in [2.45, 2.75) is 58.5 Å². The van der Waals surface area contributed by atoms with E-state index >= 15 is 0 Å². The average molecular weight is 460 g/mol. The van der Waals surface area contributed by atoms with Gasteiger partial charge in [0.2, 0.25) is 5.91 Å². The topological polar surface area (TPSA) is 93.0 Å². The number of rotatable bonds is 7. The number of hydrogen-bond acceptors (Lipinski definition) is 7. The molecule has 0 unspecified atom stereocenters. The monoisotopic (exact) mass is 459 g/mol. The van der Waals surface area contributed by atoms with Crippen molar-refractivity contribution in [2.75, 3.05) is 33.9 Å². The Kier molecular flexibility index (Phi) is 9.22. The van der Waals surface area contributed by atoms with Gasteiger partial charge in [-0.1, -0.05) is 24.3 Å². The molecule has 3 atom stereocenters. The van der Waals surface area contributed by atoms with Crippen LogP contribution in [0.1, 0.15) is 37.9 Å². The number of aryl methyl sites for hydroxylation is 1. The Hall–Kier alpha value is -2.49. The summed E-state index contributed by atoms with van der Waals surface area (Å²) in [6.07, 6.45) is 2.86. The molecule has 3 rings (SSSR count). The van der Waals surface area contributed by atoms with Crippen LogP contribution in [-0.4, -0.2) is 81.8 Å². The number of fused-ring (bicyclic) bond motifs is 2. The lowest BCUT2D eigenvalue weighted by Gasteiger charge is -2.35. The highest BCUT2D eigenvalue weighted by molar-refractivity contribution is 5.76. The lowest BCUT2D eigenvalue weighted by molar-refractivity contribution is -0.136. The summed E-state index contributed by atoms with van der Waals surface area (Å²) in [6, 6.07) is 7.81. The molecule has 1 N–H and O–H groups in total. The molecule has 2 aromatic rings. The second-order valence-electron chi connectivity index (χ2n) is 9.03. The molecule has 0 radical (unpaired) electrons. The first-order chi connectivity index (χ1) is 15.9. The van der Waals surface area contributed by atoms with E-state index in [0.29, 0.717) is 39.1 Å². The number of ether oxygens (including phenoxy) is 2. The third-order valence-corrected chi connectivity index (χ3v) is 6.15. The van der Waals surface area contributed by atoms with Crippen molar-refractivity contribution in [2.24, 2.45) is 5.92 Å². The summed E-state index contributed by atoms with van der Waals surface area (Å²) in [5.74, 6) is 0.954. The van der Waals surface area contributed by atoms with Gasteiger partial charge in [-0.05, 0) is 38.1 Å². The fourth-order valence-corrected chi connectivity index (χ4v) is 4.11. The molecule has 9 heteroatoms. The molecule has 2 bridgehead atoms. The van der Waals surface area contributed by atoms with Gasteiger partial charge in [-0.15, -0.1) is 5.10 Å². The largest absolute Gasteiger partial charge is 0.497 e. The van der Waals surface area contributed by atoms with Gasteiger partial charge in [-0.3, -0.25) is 14.4 Å². The molecule has 1 amide bonds. The number of hydrogen-bond donors (Lipinski definition) is 1. The van der Waals surface area contributed by atoms with E-state index < -0.39 is 0 Å². The summed E-state index contributed by atoms with van der Waals surface area (Å²) in [5.41, 5.74) is 1.97. The van der Waals surface area contributed by atoms with Gasteiger partial charge in [0, 0.05) is 38.5 Å². The van der Waals surface area contributed by atoms with Crippen molar-refractivity contribution < 1.29 is 19.4 Å². The molecule has 0 spiro atoms. The van der Waals surface area contributed by atoms with Gasteiger partial charge in [0.1, 0.15) is 11.4 Å². The van der Waals surface area contributed by atoms with E-state index in [-0.39, 0.29) is 30.6 Å². The van der Waals surface area contributed by atoms with Crippen LogP contribution in [0, 0.1) is 5.92 Å². The molecule has 2 heterocycles. The lowest BCUT2D eigenvalue weighted by atomic mass is 10.0. The first-order valence-corrected chi connectivity index (χ1v) is 11.6. The van der Waals surface area contributed by atoms with Crippen LogP contribution in [0.25, 0.3) is 0 Å². The number of carbonyl (C=O) groups excluding carboxylic acids is 1. The summed E-state index contributed by atoms with van der Waals surface area (Å²) in [6.45, 7) is 6.92. The van der Waals surface area contributed by atoms with Crippen LogP contribution >= 0.6 is 0 Å². The van der Waals surface area contributed by atoms with E-state index in [2.05, 4.69) is 41.3 Å². The van der Waals surface area contributed by atoms with Crippen LogP contribution in [0.4, 0.5) is 0 Å². The minimum Gasteiger partial charge on any atom is -0.497 e. The Morgan fingerprint density at radius 1 is 1.33 bits per heavy atom. The predicted octanol–water partition coefficient (Wildman–Crippen LogP) is 1.94. The van der Waals surface area contributed by atoms with Crippen LogP contribution < -0.4 is 4.74 Å². The van der Waals surface area contributed by atoms with Crippen molar-refractivity contribution >= 4 is 5.91 Å². The van der Waals surface area contributed by atoms with Crippen molar-refractivity contribution in [3.05, 3.63) is 41.7 Å². The Bertz CT molecular complexity index is 872. The predicted molar refractivity (Wildman–Crippen MR) is 125 cm³/mol. The number of aliphatic hydroxyl groups is 1. The fraction of sp³-hybridized carbons (Fsp3) is 0.625. The molecule has 1 aliphatic rings. The van der Waals surface area contributed by atoms with Crippen molar-refractivity contribution in [3.63, 3.8) is 0 Å². The molecule has 182 valence electrons. The Morgan fingerprint density at radius 3 is 2.79 bits per heavy atom. The van der Waals surface area contributed by atoms with E-state index in [1.165, 1.54) is 5.56 Å². The number of amides is 1. The molecule has 1 aliphatic heterocycles. The Morgan fingerprint density at radius 2 is 2.09 bits per heavy atom. The quantitative estimate of drug-likeness (QED) is 0.676. The van der Waals surface area contributed by atoms with Crippen molar-refractivity contribution in [3.8, 4) is 5.75 Å². The minimum absolute atomic E-state index is 0.0494. The molecule has 0 saturated carbocycles. The van der Waals surface area contributed by atoms with Crippen molar-refractivity contribution in [1.82, 2.24) is 24.8 Å². The molecular formula is C24H37N5O4. The van der Waals surface area contributed by atoms with Gasteiger partial charge in [-0.25, -0.2) is 0 Å². The molecule has 1 aromatic heterocycles. The van der Waals surface area contributed by atoms with Gasteiger partial charge < -0.3 is 19.5 Å².